The summed E-state index contributed by atoms with van der Waals surface area (Å²) < 4.78 is 11.1. The zero-order valence-electron chi connectivity index (χ0n) is 15.6. The van der Waals surface area contributed by atoms with Gasteiger partial charge in [0.2, 0.25) is 5.91 Å². The van der Waals surface area contributed by atoms with Crippen LogP contribution in [0.5, 0.6) is 0 Å². The summed E-state index contributed by atoms with van der Waals surface area (Å²) in [6.45, 7) is 3.22. The summed E-state index contributed by atoms with van der Waals surface area (Å²) in [6, 6.07) is 7.45. The van der Waals surface area contributed by atoms with E-state index in [1.165, 1.54) is 0 Å². The monoisotopic (exact) mass is 391 g/mol. The van der Waals surface area contributed by atoms with Crippen LogP contribution in [0.2, 0.25) is 5.02 Å². The molecule has 1 aliphatic rings. The van der Waals surface area contributed by atoms with E-state index in [1.807, 2.05) is 24.3 Å². The molecule has 2 aromatic rings. The van der Waals surface area contributed by atoms with Crippen molar-refractivity contribution in [1.29, 1.82) is 0 Å². The highest BCUT2D eigenvalue weighted by atomic mass is 35.5. The number of amides is 1. The minimum atomic E-state index is 0.00139. The highest BCUT2D eigenvalue weighted by molar-refractivity contribution is 6.33. The molecule has 0 unspecified atom stereocenters. The molecule has 27 heavy (non-hydrogen) atoms. The first kappa shape index (κ1) is 19.9. The first-order chi connectivity index (χ1) is 13.1. The molecular weight excluding hydrogens is 366 g/mol. The summed E-state index contributed by atoms with van der Waals surface area (Å²) in [5.41, 5.74) is 0.824. The summed E-state index contributed by atoms with van der Waals surface area (Å²) in [7, 11) is 1.71. The van der Waals surface area contributed by atoms with Crippen molar-refractivity contribution < 1.29 is 13.9 Å². The second-order valence-electron chi connectivity index (χ2n) is 7.06. The number of hydrogen-bond donors (Lipinski definition) is 2. The van der Waals surface area contributed by atoms with Gasteiger partial charge in [0, 0.05) is 37.5 Å². The fraction of sp³-hybridized carbons (Fsp3) is 0.500. The Morgan fingerprint density at radius 2 is 2.15 bits per heavy atom. The summed E-state index contributed by atoms with van der Waals surface area (Å²) >= 11 is 6.18. The molecule has 2 heterocycles. The van der Waals surface area contributed by atoms with Gasteiger partial charge in [-0.2, -0.15) is 0 Å². The Morgan fingerprint density at radius 3 is 2.89 bits per heavy atom. The molecule has 1 saturated heterocycles. The van der Waals surface area contributed by atoms with E-state index < -0.39 is 0 Å². The number of aromatic nitrogens is 1. The summed E-state index contributed by atoms with van der Waals surface area (Å²) in [4.78, 5) is 16.5. The maximum atomic E-state index is 12.3. The molecule has 0 aliphatic carbocycles. The average Bonchev–Trinajstić information content (AvgIpc) is 3.15. The number of nitrogens with zero attached hydrogens (tertiary/aromatic N) is 1. The third-order valence-electron chi connectivity index (χ3n) is 5.03. The van der Waals surface area contributed by atoms with Gasteiger partial charge in [-0.05, 0) is 38.1 Å². The van der Waals surface area contributed by atoms with Crippen LogP contribution in [-0.2, 0) is 16.0 Å². The van der Waals surface area contributed by atoms with Crippen molar-refractivity contribution in [3.63, 3.8) is 0 Å². The Morgan fingerprint density at radius 1 is 1.37 bits per heavy atom. The topological polar surface area (TPSA) is 76.4 Å². The lowest BCUT2D eigenvalue weighted by atomic mass is 9.79. The molecule has 1 aromatic carbocycles. The molecule has 0 saturated carbocycles. The van der Waals surface area contributed by atoms with Crippen LogP contribution in [0, 0.1) is 5.41 Å². The molecule has 6 nitrogen and oxygen atoms in total. The van der Waals surface area contributed by atoms with Crippen molar-refractivity contribution in [1.82, 2.24) is 15.6 Å². The fourth-order valence-electron chi connectivity index (χ4n) is 3.44. The highest BCUT2D eigenvalue weighted by Gasteiger charge is 2.32. The van der Waals surface area contributed by atoms with Gasteiger partial charge in [0.15, 0.2) is 11.7 Å². The maximum Gasteiger partial charge on any atom is 0.220 e. The molecule has 0 radical (unpaired) electrons. The van der Waals surface area contributed by atoms with Crippen LogP contribution in [-0.4, -0.2) is 44.2 Å². The number of aryl methyl sites for hydroxylation is 1. The number of rotatable bonds is 8. The normalized spacial score (nSPS) is 16.2. The van der Waals surface area contributed by atoms with Crippen LogP contribution in [0.3, 0.4) is 0 Å². The van der Waals surface area contributed by atoms with E-state index in [4.69, 9.17) is 20.8 Å². The van der Waals surface area contributed by atoms with Crippen LogP contribution in [0.1, 0.15) is 25.2 Å². The SMILES string of the molecule is COCC1(CNC(=O)CCc2ncc(-c3ccccc3Cl)o2)CCNCC1. The third-order valence-corrected chi connectivity index (χ3v) is 5.36. The molecule has 1 aromatic heterocycles. The maximum absolute atomic E-state index is 12.3. The Labute approximate surface area is 164 Å². The van der Waals surface area contributed by atoms with Gasteiger partial charge in [0.25, 0.3) is 0 Å². The molecule has 0 bridgehead atoms. The molecule has 0 atom stereocenters. The Balaban J connectivity index is 1.50. The van der Waals surface area contributed by atoms with E-state index in [0.717, 1.165) is 31.5 Å². The van der Waals surface area contributed by atoms with E-state index in [9.17, 15) is 4.79 Å². The lowest BCUT2D eigenvalue weighted by Crippen LogP contribution is -2.47. The van der Waals surface area contributed by atoms with Crippen molar-refractivity contribution in [2.75, 3.05) is 33.4 Å². The van der Waals surface area contributed by atoms with Gasteiger partial charge in [0.1, 0.15) is 0 Å². The highest BCUT2D eigenvalue weighted by Crippen LogP contribution is 2.29. The minimum Gasteiger partial charge on any atom is -0.441 e. The van der Waals surface area contributed by atoms with Crippen molar-refractivity contribution >= 4 is 17.5 Å². The Hall–Kier alpha value is -1.89. The summed E-state index contributed by atoms with van der Waals surface area (Å²) in [5.74, 6) is 1.15. The minimum absolute atomic E-state index is 0.00139. The smallest absolute Gasteiger partial charge is 0.220 e. The van der Waals surface area contributed by atoms with E-state index in [-0.39, 0.29) is 11.3 Å². The molecule has 1 aliphatic heterocycles. The van der Waals surface area contributed by atoms with Gasteiger partial charge in [-0.1, -0.05) is 23.7 Å². The number of benzene rings is 1. The molecule has 3 rings (SSSR count). The molecule has 1 amide bonds. The second kappa shape index (κ2) is 9.35. The first-order valence-corrected chi connectivity index (χ1v) is 9.66. The predicted molar refractivity (Wildman–Crippen MR) is 105 cm³/mol. The van der Waals surface area contributed by atoms with Crippen LogP contribution in [0.4, 0.5) is 0 Å². The predicted octanol–water partition coefficient (Wildman–Crippen LogP) is 3.06. The zero-order valence-corrected chi connectivity index (χ0v) is 16.3. The first-order valence-electron chi connectivity index (χ1n) is 9.28. The molecule has 2 N–H and O–H groups in total. The number of carbonyl (C=O) groups is 1. The largest absolute Gasteiger partial charge is 0.441 e. The van der Waals surface area contributed by atoms with Crippen molar-refractivity contribution in [2.24, 2.45) is 5.41 Å². The van der Waals surface area contributed by atoms with Crippen LogP contribution in [0.25, 0.3) is 11.3 Å². The summed E-state index contributed by atoms with van der Waals surface area (Å²) in [5, 5.41) is 7.03. The van der Waals surface area contributed by atoms with E-state index in [0.29, 0.717) is 42.7 Å². The van der Waals surface area contributed by atoms with Gasteiger partial charge >= 0.3 is 0 Å². The number of halogens is 1. The lowest BCUT2D eigenvalue weighted by molar-refractivity contribution is -0.122. The van der Waals surface area contributed by atoms with Gasteiger partial charge in [-0.25, -0.2) is 4.98 Å². The zero-order chi connectivity index (χ0) is 19.1. The van der Waals surface area contributed by atoms with Gasteiger partial charge < -0.3 is 19.8 Å². The number of carbonyl (C=O) groups excluding carboxylic acids is 1. The number of hydrogen-bond acceptors (Lipinski definition) is 5. The molecular formula is C20H26ClN3O3. The van der Waals surface area contributed by atoms with Crippen LogP contribution >= 0.6 is 11.6 Å². The molecule has 1 fully saturated rings. The molecule has 146 valence electrons. The second-order valence-corrected chi connectivity index (χ2v) is 7.47. The number of nitrogens with one attached hydrogen (secondary N) is 2. The van der Waals surface area contributed by atoms with Crippen molar-refractivity contribution in [3.05, 3.63) is 41.4 Å². The van der Waals surface area contributed by atoms with E-state index in [1.54, 1.807) is 13.3 Å². The van der Waals surface area contributed by atoms with Gasteiger partial charge in [0.05, 0.1) is 17.8 Å². The summed E-state index contributed by atoms with van der Waals surface area (Å²) in [6.07, 6.45) is 4.44. The van der Waals surface area contributed by atoms with E-state index in [2.05, 4.69) is 15.6 Å². The average molecular weight is 392 g/mol. The van der Waals surface area contributed by atoms with Crippen molar-refractivity contribution in [3.8, 4) is 11.3 Å². The van der Waals surface area contributed by atoms with Gasteiger partial charge in [-0.15, -0.1) is 0 Å². The van der Waals surface area contributed by atoms with E-state index >= 15 is 0 Å². The molecule has 0 spiro atoms. The fourth-order valence-corrected chi connectivity index (χ4v) is 3.67. The molecule has 7 heteroatoms. The number of oxazole rings is 1. The van der Waals surface area contributed by atoms with Gasteiger partial charge in [-0.3, -0.25) is 4.79 Å². The number of piperidine rings is 1. The Bertz CT molecular complexity index is 751. The van der Waals surface area contributed by atoms with Crippen LogP contribution in [0.15, 0.2) is 34.9 Å². The van der Waals surface area contributed by atoms with Crippen LogP contribution < -0.4 is 10.6 Å². The van der Waals surface area contributed by atoms with Crippen molar-refractivity contribution in [2.45, 2.75) is 25.7 Å². The number of ether oxygens (including phenoxy) is 1. The third kappa shape index (κ3) is 5.31. The standard InChI is InChI=1S/C20H26ClN3O3/c1-26-14-20(8-10-22-11-9-20)13-24-18(25)6-7-19-23-12-17(27-19)15-4-2-3-5-16(15)21/h2-5,12,22H,6-11,13-14H2,1H3,(H,24,25). The lowest BCUT2D eigenvalue weighted by Gasteiger charge is -2.37. The Kier molecular flexibility index (Phi) is 6.88. The number of methoxy groups -OCH3 is 1. The quantitative estimate of drug-likeness (QED) is 0.723.